The highest BCUT2D eigenvalue weighted by Crippen LogP contribution is 2.28. The van der Waals surface area contributed by atoms with E-state index in [4.69, 9.17) is 5.11 Å². The van der Waals surface area contributed by atoms with Crippen molar-refractivity contribution in [2.24, 2.45) is 0 Å². The van der Waals surface area contributed by atoms with Crippen LogP contribution in [0.2, 0.25) is 0 Å². The summed E-state index contributed by atoms with van der Waals surface area (Å²) >= 11 is 1.13. The molecule has 3 rings (SSSR count). The Bertz CT molecular complexity index is 740. The van der Waals surface area contributed by atoms with Crippen LogP contribution < -0.4 is 5.56 Å². The van der Waals surface area contributed by atoms with E-state index in [2.05, 4.69) is 4.98 Å². The van der Waals surface area contributed by atoms with Gasteiger partial charge in [-0.05, 0) is 12.1 Å². The Morgan fingerprint density at radius 3 is 3.12 bits per heavy atom. The first-order valence-corrected chi connectivity index (χ1v) is 5.45. The monoisotopic (exact) mass is 238 g/mol. The van der Waals surface area contributed by atoms with Crippen molar-refractivity contribution < 1.29 is 9.50 Å². The molecule has 0 spiro atoms. The largest absolute Gasteiger partial charge is 0.391 e. The molecule has 3 aromatic rings. The Morgan fingerprint density at radius 1 is 1.56 bits per heavy atom. The molecular formula is C10H7FN2O2S. The van der Waals surface area contributed by atoms with E-state index in [1.165, 1.54) is 0 Å². The molecule has 3 aromatic heterocycles. The highest BCUT2D eigenvalue weighted by Gasteiger charge is 2.15. The predicted molar refractivity (Wildman–Crippen MR) is 59.3 cm³/mol. The highest BCUT2D eigenvalue weighted by atomic mass is 32.1. The molecule has 0 unspecified atom stereocenters. The van der Waals surface area contributed by atoms with Gasteiger partial charge in [-0.1, -0.05) is 0 Å². The summed E-state index contributed by atoms with van der Waals surface area (Å²) in [6.07, 6.45) is 1.70. The molecule has 0 aliphatic rings. The molecule has 0 bridgehead atoms. The number of H-pyrrole nitrogens is 1. The number of aromatic nitrogens is 2. The van der Waals surface area contributed by atoms with Crippen molar-refractivity contribution >= 4 is 27.2 Å². The summed E-state index contributed by atoms with van der Waals surface area (Å²) in [5.41, 5.74) is 0.291. The van der Waals surface area contributed by atoms with Crippen molar-refractivity contribution in [2.45, 2.75) is 6.61 Å². The van der Waals surface area contributed by atoms with Crippen LogP contribution in [0, 0.1) is 5.82 Å². The first kappa shape index (κ1) is 9.56. The van der Waals surface area contributed by atoms with Gasteiger partial charge in [0.05, 0.1) is 11.5 Å². The van der Waals surface area contributed by atoms with E-state index < -0.39 is 5.82 Å². The first-order chi connectivity index (χ1) is 7.72. The van der Waals surface area contributed by atoms with Crippen LogP contribution in [0.4, 0.5) is 4.39 Å². The summed E-state index contributed by atoms with van der Waals surface area (Å²) < 4.78 is 15.3. The fraction of sp³-hybridized carbons (Fsp3) is 0.100. The molecule has 0 saturated heterocycles. The normalized spacial score (nSPS) is 11.6. The zero-order valence-electron chi connectivity index (χ0n) is 8.03. The van der Waals surface area contributed by atoms with Gasteiger partial charge < -0.3 is 14.5 Å². The molecule has 0 aromatic carbocycles. The number of nitrogens with zero attached hydrogens (tertiary/aromatic N) is 1. The smallest absolute Gasteiger partial charge is 0.272 e. The van der Waals surface area contributed by atoms with Crippen LogP contribution in [-0.4, -0.2) is 14.5 Å². The van der Waals surface area contributed by atoms with Crippen molar-refractivity contribution in [1.29, 1.82) is 0 Å². The van der Waals surface area contributed by atoms with E-state index in [0.29, 0.717) is 10.3 Å². The summed E-state index contributed by atoms with van der Waals surface area (Å²) in [6, 6.07) is 3.38. The van der Waals surface area contributed by atoms with Crippen molar-refractivity contribution in [3.63, 3.8) is 0 Å². The molecule has 0 radical (unpaired) electrons. The third kappa shape index (κ3) is 1.08. The van der Waals surface area contributed by atoms with E-state index in [1.807, 2.05) is 0 Å². The second-order valence-corrected chi connectivity index (χ2v) is 4.48. The number of aromatic amines is 1. The quantitative estimate of drug-likeness (QED) is 0.674. The van der Waals surface area contributed by atoms with Crippen LogP contribution in [-0.2, 0) is 6.61 Å². The number of halogens is 1. The summed E-state index contributed by atoms with van der Waals surface area (Å²) in [7, 11) is 0. The van der Waals surface area contributed by atoms with Gasteiger partial charge in [0, 0.05) is 6.20 Å². The van der Waals surface area contributed by atoms with Crippen molar-refractivity contribution in [3.8, 4) is 0 Å². The minimum absolute atomic E-state index is 0.155. The van der Waals surface area contributed by atoms with Gasteiger partial charge in [-0.25, -0.2) is 4.39 Å². The standard InChI is InChI=1S/C10H7FN2O2S/c11-7-6(4-14)16-10-8(7)12-9(15)5-2-1-3-13(5)10/h1-3,14H,4H2,(H,12,15). The number of aliphatic hydroxyl groups is 1. The van der Waals surface area contributed by atoms with Gasteiger partial charge in [-0.3, -0.25) is 4.79 Å². The maximum Gasteiger partial charge on any atom is 0.272 e. The van der Waals surface area contributed by atoms with Gasteiger partial charge in [0.15, 0.2) is 5.82 Å². The molecule has 16 heavy (non-hydrogen) atoms. The predicted octanol–water partition coefficient (Wildman–Crippen LogP) is 1.47. The maximum atomic E-state index is 13.7. The number of thiophene rings is 1. The number of rotatable bonds is 1. The third-order valence-electron chi connectivity index (χ3n) is 2.48. The Morgan fingerprint density at radius 2 is 2.38 bits per heavy atom. The lowest BCUT2D eigenvalue weighted by Crippen LogP contribution is -2.08. The average Bonchev–Trinajstić information content (AvgIpc) is 2.85. The van der Waals surface area contributed by atoms with Gasteiger partial charge in [-0.2, -0.15) is 0 Å². The van der Waals surface area contributed by atoms with Crippen LogP contribution in [0.25, 0.3) is 15.9 Å². The highest BCUT2D eigenvalue weighted by molar-refractivity contribution is 7.18. The maximum absolute atomic E-state index is 13.7. The molecule has 6 heteroatoms. The van der Waals surface area contributed by atoms with Crippen LogP contribution in [0.5, 0.6) is 0 Å². The lowest BCUT2D eigenvalue weighted by molar-refractivity contribution is 0.280. The van der Waals surface area contributed by atoms with Gasteiger partial charge in [-0.15, -0.1) is 11.3 Å². The second-order valence-electron chi connectivity index (χ2n) is 3.40. The molecule has 0 saturated carbocycles. The molecule has 4 nitrogen and oxygen atoms in total. The van der Waals surface area contributed by atoms with E-state index in [9.17, 15) is 9.18 Å². The molecule has 0 atom stereocenters. The molecule has 0 aliphatic heterocycles. The Hall–Kier alpha value is -1.66. The lowest BCUT2D eigenvalue weighted by Gasteiger charge is -1.95. The van der Waals surface area contributed by atoms with Gasteiger partial charge >= 0.3 is 0 Å². The minimum atomic E-state index is -0.546. The topological polar surface area (TPSA) is 57.5 Å². The molecule has 0 amide bonds. The van der Waals surface area contributed by atoms with Crippen molar-refractivity contribution in [3.05, 3.63) is 39.4 Å². The SMILES string of the molecule is O=c1[nH]c2c(F)c(CO)sc2n2cccc12. The molecule has 82 valence electrons. The van der Waals surface area contributed by atoms with Gasteiger partial charge in [0.2, 0.25) is 0 Å². The van der Waals surface area contributed by atoms with Crippen LogP contribution >= 0.6 is 11.3 Å². The van der Waals surface area contributed by atoms with Crippen LogP contribution in [0.15, 0.2) is 23.1 Å². The minimum Gasteiger partial charge on any atom is -0.391 e. The summed E-state index contributed by atoms with van der Waals surface area (Å²) in [4.78, 5) is 14.9. The Kier molecular flexibility index (Phi) is 1.89. The summed E-state index contributed by atoms with van der Waals surface area (Å²) in [5, 5.41) is 8.98. The Balaban J connectivity index is 2.61. The molecule has 0 aliphatic carbocycles. The Labute approximate surface area is 92.6 Å². The van der Waals surface area contributed by atoms with Crippen LogP contribution in [0.3, 0.4) is 0 Å². The fourth-order valence-electron chi connectivity index (χ4n) is 1.75. The van der Waals surface area contributed by atoms with Crippen molar-refractivity contribution in [1.82, 2.24) is 9.38 Å². The third-order valence-corrected chi connectivity index (χ3v) is 3.63. The van der Waals surface area contributed by atoms with Gasteiger partial charge in [0.1, 0.15) is 15.9 Å². The fourth-order valence-corrected chi connectivity index (χ4v) is 2.74. The van der Waals surface area contributed by atoms with Crippen LogP contribution in [0.1, 0.15) is 4.88 Å². The summed E-state index contributed by atoms with van der Waals surface area (Å²) in [5.74, 6) is -0.546. The zero-order chi connectivity index (χ0) is 11.3. The summed E-state index contributed by atoms with van der Waals surface area (Å²) in [6.45, 7) is -0.365. The van der Waals surface area contributed by atoms with Gasteiger partial charge in [0.25, 0.3) is 5.56 Å². The number of aliphatic hydroxyl groups excluding tert-OH is 1. The number of hydrogen-bond acceptors (Lipinski definition) is 3. The van der Waals surface area contributed by atoms with E-state index in [1.54, 1.807) is 22.7 Å². The average molecular weight is 238 g/mol. The number of nitrogens with one attached hydrogen (secondary N) is 1. The number of fused-ring (bicyclic) bond motifs is 3. The molecular weight excluding hydrogens is 231 g/mol. The molecule has 0 fully saturated rings. The number of hydrogen-bond donors (Lipinski definition) is 2. The lowest BCUT2D eigenvalue weighted by atomic mass is 10.4. The van der Waals surface area contributed by atoms with Crippen molar-refractivity contribution in [2.75, 3.05) is 0 Å². The second kappa shape index (κ2) is 3.16. The zero-order valence-corrected chi connectivity index (χ0v) is 8.84. The molecule has 2 N–H and O–H groups in total. The van der Waals surface area contributed by atoms with E-state index in [-0.39, 0.29) is 22.6 Å². The van der Waals surface area contributed by atoms with E-state index >= 15 is 0 Å². The first-order valence-electron chi connectivity index (χ1n) is 4.63. The molecule has 3 heterocycles. The van der Waals surface area contributed by atoms with E-state index in [0.717, 1.165) is 11.3 Å².